The van der Waals surface area contributed by atoms with Gasteiger partial charge in [-0.3, -0.25) is 29.5 Å². The predicted octanol–water partition coefficient (Wildman–Crippen LogP) is 5.79. The molecule has 2 aliphatic heterocycles. The standard InChI is InChI=1S/C38H39N3O5/c1-21-11-14-25(15-12-21)39-41-34(44)29-20-28-26(16-17-27-31(28)35(45)40(33(27)43)37(3,4)5)32(23-13-18-30(42)22(2)19-23)38(29,36(41)46)24-9-7-6-8-10-24/h6-16,18-19,27-29,31-32,39,42H,17,20H2,1-5H3/t27-,28+,29-,31-,32-,38+/m0/s1. The zero-order chi connectivity index (χ0) is 32.7. The van der Waals surface area contributed by atoms with Crippen molar-refractivity contribution in [2.24, 2.45) is 23.7 Å². The lowest BCUT2D eigenvalue weighted by Gasteiger charge is -2.50. The van der Waals surface area contributed by atoms with E-state index in [4.69, 9.17) is 0 Å². The summed E-state index contributed by atoms with van der Waals surface area (Å²) in [5.74, 6) is -3.96. The minimum absolute atomic E-state index is 0.132. The van der Waals surface area contributed by atoms with Crippen molar-refractivity contribution in [3.63, 3.8) is 0 Å². The van der Waals surface area contributed by atoms with E-state index in [9.17, 15) is 19.5 Å². The Kier molecular flexibility index (Phi) is 6.78. The second kappa shape index (κ2) is 10.4. The molecule has 3 aromatic carbocycles. The molecule has 0 spiro atoms. The van der Waals surface area contributed by atoms with Crippen LogP contribution in [0, 0.1) is 37.5 Å². The lowest BCUT2D eigenvalue weighted by Crippen LogP contribution is -2.53. The molecule has 0 aromatic heterocycles. The Morgan fingerprint density at radius 1 is 0.848 bits per heavy atom. The molecule has 8 nitrogen and oxygen atoms in total. The first-order valence-electron chi connectivity index (χ1n) is 16.0. The molecule has 46 heavy (non-hydrogen) atoms. The van der Waals surface area contributed by atoms with Gasteiger partial charge in [0.2, 0.25) is 11.8 Å². The summed E-state index contributed by atoms with van der Waals surface area (Å²) in [5, 5.41) is 11.7. The van der Waals surface area contributed by atoms with Crippen LogP contribution in [0.15, 0.2) is 84.4 Å². The number of amides is 4. The quantitative estimate of drug-likeness (QED) is 0.284. The molecule has 3 aromatic rings. The van der Waals surface area contributed by atoms with E-state index in [1.165, 1.54) is 9.91 Å². The molecule has 2 aliphatic carbocycles. The topological polar surface area (TPSA) is 107 Å². The number of hydrazine groups is 1. The highest BCUT2D eigenvalue weighted by Crippen LogP contribution is 2.64. The molecule has 8 heteroatoms. The fourth-order valence-corrected chi connectivity index (χ4v) is 8.64. The minimum atomic E-state index is -1.33. The summed E-state index contributed by atoms with van der Waals surface area (Å²) < 4.78 is 0. The number of imide groups is 2. The van der Waals surface area contributed by atoms with Crippen molar-refractivity contribution in [3.05, 3.63) is 107 Å². The van der Waals surface area contributed by atoms with Gasteiger partial charge in [-0.1, -0.05) is 71.8 Å². The van der Waals surface area contributed by atoms with Crippen molar-refractivity contribution in [2.45, 2.75) is 64.3 Å². The Morgan fingerprint density at radius 2 is 1.54 bits per heavy atom. The molecule has 0 radical (unpaired) electrons. The second-order valence-corrected chi connectivity index (χ2v) is 14.3. The van der Waals surface area contributed by atoms with Gasteiger partial charge >= 0.3 is 0 Å². The molecule has 7 rings (SSSR count). The lowest BCUT2D eigenvalue weighted by atomic mass is 9.49. The molecule has 4 amide bonds. The Balaban J connectivity index is 1.45. The van der Waals surface area contributed by atoms with Crippen LogP contribution < -0.4 is 5.43 Å². The third-order valence-corrected chi connectivity index (χ3v) is 10.6. The maximum absolute atomic E-state index is 15.1. The molecule has 1 saturated carbocycles. The van der Waals surface area contributed by atoms with E-state index in [0.717, 1.165) is 16.7 Å². The highest BCUT2D eigenvalue weighted by molar-refractivity contribution is 6.13. The monoisotopic (exact) mass is 617 g/mol. The smallest absolute Gasteiger partial charge is 0.260 e. The largest absolute Gasteiger partial charge is 0.508 e. The molecule has 3 fully saturated rings. The van der Waals surface area contributed by atoms with Crippen molar-refractivity contribution in [1.29, 1.82) is 0 Å². The van der Waals surface area contributed by atoms with E-state index in [-0.39, 0.29) is 35.8 Å². The van der Waals surface area contributed by atoms with E-state index in [1.807, 2.05) is 101 Å². The molecule has 4 aliphatic rings. The Bertz CT molecular complexity index is 1810. The number of aromatic hydroxyl groups is 1. The number of likely N-dealkylation sites (tertiary alicyclic amines) is 1. The van der Waals surface area contributed by atoms with Gasteiger partial charge in [0.25, 0.3) is 11.8 Å². The van der Waals surface area contributed by atoms with Gasteiger partial charge in [-0.05, 0) is 88.3 Å². The van der Waals surface area contributed by atoms with Crippen molar-refractivity contribution >= 4 is 29.3 Å². The number of phenols is 1. The van der Waals surface area contributed by atoms with Crippen LogP contribution >= 0.6 is 0 Å². The van der Waals surface area contributed by atoms with Gasteiger partial charge in [0.05, 0.1) is 28.9 Å². The van der Waals surface area contributed by atoms with E-state index >= 15 is 4.79 Å². The van der Waals surface area contributed by atoms with Gasteiger partial charge in [-0.2, -0.15) is 5.01 Å². The molecule has 2 saturated heterocycles. The highest BCUT2D eigenvalue weighted by Gasteiger charge is 2.70. The second-order valence-electron chi connectivity index (χ2n) is 14.3. The van der Waals surface area contributed by atoms with Crippen molar-refractivity contribution < 1.29 is 24.3 Å². The third kappa shape index (κ3) is 4.18. The summed E-state index contributed by atoms with van der Waals surface area (Å²) in [6.07, 6.45) is 2.69. The number of aryl methyl sites for hydroxylation is 2. The molecule has 6 atom stereocenters. The van der Waals surface area contributed by atoms with Crippen LogP contribution in [0.1, 0.15) is 61.8 Å². The number of carbonyl (C=O) groups excluding carboxylic acids is 4. The number of allylic oxidation sites excluding steroid dienone is 2. The van der Waals surface area contributed by atoms with Gasteiger partial charge in [0.1, 0.15) is 5.75 Å². The molecule has 2 heterocycles. The van der Waals surface area contributed by atoms with Crippen molar-refractivity contribution in [1.82, 2.24) is 9.91 Å². The van der Waals surface area contributed by atoms with Gasteiger partial charge < -0.3 is 5.11 Å². The number of carbonyl (C=O) groups is 4. The summed E-state index contributed by atoms with van der Waals surface area (Å²) >= 11 is 0. The van der Waals surface area contributed by atoms with Crippen LogP contribution in [0.5, 0.6) is 5.75 Å². The van der Waals surface area contributed by atoms with E-state index < -0.39 is 40.5 Å². The Hall–Kier alpha value is -4.72. The number of rotatable bonds is 4. The van der Waals surface area contributed by atoms with Crippen LogP contribution in [0.25, 0.3) is 0 Å². The molecule has 236 valence electrons. The van der Waals surface area contributed by atoms with Crippen LogP contribution in [-0.4, -0.2) is 44.2 Å². The summed E-state index contributed by atoms with van der Waals surface area (Å²) in [6, 6.07) is 22.3. The zero-order valence-electron chi connectivity index (χ0n) is 26.8. The predicted molar refractivity (Wildman–Crippen MR) is 173 cm³/mol. The van der Waals surface area contributed by atoms with Crippen LogP contribution in [-0.2, 0) is 24.6 Å². The number of phenolic OH excluding ortho intramolecular Hbond substituents is 1. The molecule has 2 N–H and O–H groups in total. The summed E-state index contributed by atoms with van der Waals surface area (Å²) in [6.45, 7) is 9.38. The normalized spacial score (nSPS) is 29.0. The maximum Gasteiger partial charge on any atom is 0.260 e. The zero-order valence-corrected chi connectivity index (χ0v) is 26.8. The number of anilines is 1. The average Bonchev–Trinajstić information content (AvgIpc) is 3.41. The molecular formula is C38H39N3O5. The average molecular weight is 618 g/mol. The minimum Gasteiger partial charge on any atom is -0.508 e. The number of nitrogens with one attached hydrogen (secondary N) is 1. The van der Waals surface area contributed by atoms with Gasteiger partial charge in [-0.25, -0.2) is 0 Å². The van der Waals surface area contributed by atoms with E-state index in [0.29, 0.717) is 23.2 Å². The van der Waals surface area contributed by atoms with Gasteiger partial charge in [-0.15, -0.1) is 0 Å². The first-order chi connectivity index (χ1) is 21.9. The van der Waals surface area contributed by atoms with Crippen molar-refractivity contribution in [2.75, 3.05) is 5.43 Å². The SMILES string of the molecule is Cc1ccc(NN2C(=O)[C@@H]3C[C@@H]4C(=CC[C@@H]5C(=O)N(C(C)(C)C)C(=O)[C@@H]54)[C@H](c4ccc(O)c(C)c4)[C@]3(c3ccccc3)C2=O)cc1. The number of hydrogen-bond donors (Lipinski definition) is 2. The molecule has 0 unspecified atom stereocenters. The fourth-order valence-electron chi connectivity index (χ4n) is 8.64. The summed E-state index contributed by atoms with van der Waals surface area (Å²) in [4.78, 5) is 59.1. The lowest BCUT2D eigenvalue weighted by molar-refractivity contribution is -0.146. The van der Waals surface area contributed by atoms with Gasteiger partial charge in [0.15, 0.2) is 0 Å². The van der Waals surface area contributed by atoms with E-state index in [1.54, 1.807) is 6.07 Å². The third-order valence-electron chi connectivity index (χ3n) is 10.6. The number of benzene rings is 3. The fraction of sp³-hybridized carbons (Fsp3) is 0.368. The molecule has 0 bridgehead atoms. The van der Waals surface area contributed by atoms with Crippen molar-refractivity contribution in [3.8, 4) is 5.75 Å². The summed E-state index contributed by atoms with van der Waals surface area (Å²) in [7, 11) is 0. The van der Waals surface area contributed by atoms with Gasteiger partial charge in [0, 0.05) is 11.5 Å². The number of fused-ring (bicyclic) bond motifs is 4. The Labute approximate surface area is 269 Å². The first kappa shape index (κ1) is 30.0. The highest BCUT2D eigenvalue weighted by atomic mass is 16.3. The maximum atomic E-state index is 15.1. The van der Waals surface area contributed by atoms with Crippen LogP contribution in [0.2, 0.25) is 0 Å². The number of hydrogen-bond acceptors (Lipinski definition) is 6. The van der Waals surface area contributed by atoms with Crippen LogP contribution in [0.4, 0.5) is 5.69 Å². The van der Waals surface area contributed by atoms with E-state index in [2.05, 4.69) is 11.5 Å². The first-order valence-corrected chi connectivity index (χ1v) is 16.0. The Morgan fingerprint density at radius 3 is 2.20 bits per heavy atom. The van der Waals surface area contributed by atoms with Crippen LogP contribution in [0.3, 0.4) is 0 Å². The summed E-state index contributed by atoms with van der Waals surface area (Å²) in [5.41, 5.74) is 5.82. The number of nitrogens with zero attached hydrogens (tertiary/aromatic N) is 2. The molecular weight excluding hydrogens is 578 g/mol.